The molecule has 0 atom stereocenters. The quantitative estimate of drug-likeness (QED) is 0.825. The summed E-state index contributed by atoms with van der Waals surface area (Å²) >= 11 is 0. The predicted molar refractivity (Wildman–Crippen MR) is 79.4 cm³/mol. The minimum atomic E-state index is -3.31. The fourth-order valence-corrected chi connectivity index (χ4v) is 3.07. The van der Waals surface area contributed by atoms with Crippen molar-refractivity contribution in [1.29, 1.82) is 0 Å². The summed E-state index contributed by atoms with van der Waals surface area (Å²) in [5, 5.41) is 0. The topological polar surface area (TPSA) is 72.2 Å². The normalized spacial score (nSPS) is 11.0. The second kappa shape index (κ2) is 6.60. The van der Waals surface area contributed by atoms with Crippen LogP contribution in [0.4, 0.5) is 5.69 Å². The van der Waals surface area contributed by atoms with Gasteiger partial charge in [0.05, 0.1) is 12.3 Å². The van der Waals surface area contributed by atoms with Crippen molar-refractivity contribution in [2.24, 2.45) is 11.7 Å². The fraction of sp³-hybridized carbons (Fsp3) is 0.429. The van der Waals surface area contributed by atoms with Gasteiger partial charge in [-0.25, -0.2) is 8.42 Å². The van der Waals surface area contributed by atoms with Crippen molar-refractivity contribution in [3.05, 3.63) is 29.3 Å². The molecule has 0 saturated carbocycles. The van der Waals surface area contributed by atoms with Crippen LogP contribution in [0.15, 0.2) is 18.2 Å². The molecule has 0 saturated heterocycles. The van der Waals surface area contributed by atoms with Crippen LogP contribution in [0.25, 0.3) is 0 Å². The van der Waals surface area contributed by atoms with E-state index in [1.54, 1.807) is 12.1 Å². The summed E-state index contributed by atoms with van der Waals surface area (Å²) < 4.78 is 26.3. The number of hydrogen-bond donors (Lipinski definition) is 2. The van der Waals surface area contributed by atoms with Crippen molar-refractivity contribution in [3.63, 3.8) is 0 Å². The van der Waals surface area contributed by atoms with Crippen LogP contribution in [0.5, 0.6) is 0 Å². The van der Waals surface area contributed by atoms with Crippen molar-refractivity contribution in [1.82, 2.24) is 0 Å². The molecule has 0 bridgehead atoms. The lowest BCUT2D eigenvalue weighted by Gasteiger charge is -2.11. The van der Waals surface area contributed by atoms with Gasteiger partial charge < -0.3 is 5.73 Å². The Morgan fingerprint density at radius 1 is 1.37 bits per heavy atom. The number of nitrogens with two attached hydrogens (primary N) is 1. The first-order valence-electron chi connectivity index (χ1n) is 6.14. The molecule has 0 radical (unpaired) electrons. The summed E-state index contributed by atoms with van der Waals surface area (Å²) in [6.45, 7) is 5.94. The molecule has 0 aliphatic rings. The zero-order valence-electron chi connectivity index (χ0n) is 11.5. The minimum absolute atomic E-state index is 0.0828. The van der Waals surface area contributed by atoms with Gasteiger partial charge >= 0.3 is 0 Å². The maximum atomic E-state index is 11.9. The highest BCUT2D eigenvalue weighted by molar-refractivity contribution is 7.92. The SMILES string of the molecule is Cc1ccc(NS(=O)(=O)CC(C)C)cc1C#CCN. The van der Waals surface area contributed by atoms with Crippen molar-refractivity contribution in [3.8, 4) is 11.8 Å². The van der Waals surface area contributed by atoms with Crippen molar-refractivity contribution >= 4 is 15.7 Å². The fourth-order valence-electron chi connectivity index (χ4n) is 1.63. The highest BCUT2D eigenvalue weighted by Crippen LogP contribution is 2.16. The molecule has 19 heavy (non-hydrogen) atoms. The highest BCUT2D eigenvalue weighted by Gasteiger charge is 2.13. The van der Waals surface area contributed by atoms with E-state index in [0.717, 1.165) is 11.1 Å². The summed E-state index contributed by atoms with van der Waals surface area (Å²) in [5.74, 6) is 5.88. The van der Waals surface area contributed by atoms with E-state index < -0.39 is 10.0 Å². The van der Waals surface area contributed by atoms with Gasteiger partial charge in [-0.05, 0) is 30.5 Å². The molecular weight excluding hydrogens is 260 g/mol. The third-order valence-corrected chi connectivity index (χ3v) is 4.04. The molecule has 0 heterocycles. The summed E-state index contributed by atoms with van der Waals surface area (Å²) in [6, 6.07) is 5.31. The number of sulfonamides is 1. The van der Waals surface area contributed by atoms with Crippen LogP contribution in [0.3, 0.4) is 0 Å². The first-order valence-corrected chi connectivity index (χ1v) is 7.79. The van der Waals surface area contributed by atoms with Gasteiger partial charge in [0.2, 0.25) is 10.0 Å². The van der Waals surface area contributed by atoms with Crippen LogP contribution in [0.1, 0.15) is 25.0 Å². The van der Waals surface area contributed by atoms with Gasteiger partial charge in [-0.1, -0.05) is 31.8 Å². The number of aryl methyl sites for hydroxylation is 1. The smallest absolute Gasteiger partial charge is 0.232 e. The van der Waals surface area contributed by atoms with Gasteiger partial charge in [-0.3, -0.25) is 4.72 Å². The van der Waals surface area contributed by atoms with Gasteiger partial charge in [0, 0.05) is 11.3 Å². The maximum Gasteiger partial charge on any atom is 0.232 e. The Hall–Kier alpha value is -1.51. The third kappa shape index (κ3) is 5.33. The van der Waals surface area contributed by atoms with Gasteiger partial charge in [-0.15, -0.1) is 0 Å². The lowest BCUT2D eigenvalue weighted by Crippen LogP contribution is -2.20. The van der Waals surface area contributed by atoms with Crippen molar-refractivity contribution < 1.29 is 8.42 Å². The zero-order chi connectivity index (χ0) is 14.5. The monoisotopic (exact) mass is 280 g/mol. The molecule has 0 aromatic heterocycles. The van der Waals surface area contributed by atoms with Gasteiger partial charge in [-0.2, -0.15) is 0 Å². The van der Waals surface area contributed by atoms with Crippen LogP contribution in [-0.2, 0) is 10.0 Å². The van der Waals surface area contributed by atoms with Crippen LogP contribution < -0.4 is 10.5 Å². The maximum absolute atomic E-state index is 11.9. The second-order valence-corrected chi connectivity index (χ2v) is 6.58. The molecule has 0 aliphatic heterocycles. The van der Waals surface area contributed by atoms with E-state index in [2.05, 4.69) is 16.6 Å². The van der Waals surface area contributed by atoms with E-state index in [9.17, 15) is 8.42 Å². The Morgan fingerprint density at radius 2 is 2.05 bits per heavy atom. The third-order valence-electron chi connectivity index (χ3n) is 2.39. The molecule has 1 rings (SSSR count). The summed E-state index contributed by atoms with van der Waals surface area (Å²) in [7, 11) is -3.31. The van der Waals surface area contributed by atoms with E-state index in [4.69, 9.17) is 5.73 Å². The molecule has 1 aromatic rings. The number of nitrogens with one attached hydrogen (secondary N) is 1. The van der Waals surface area contributed by atoms with E-state index in [-0.39, 0.29) is 18.2 Å². The highest BCUT2D eigenvalue weighted by atomic mass is 32.2. The van der Waals surface area contributed by atoms with E-state index in [1.165, 1.54) is 0 Å². The number of rotatable bonds is 4. The molecule has 104 valence electrons. The molecule has 0 amide bonds. The van der Waals surface area contributed by atoms with Crippen LogP contribution in [0, 0.1) is 24.7 Å². The Labute approximate surface area is 115 Å². The van der Waals surface area contributed by atoms with Crippen molar-refractivity contribution in [2.75, 3.05) is 17.0 Å². The molecule has 0 fully saturated rings. The molecular formula is C14H20N2O2S. The molecule has 0 unspecified atom stereocenters. The van der Waals surface area contributed by atoms with Gasteiger partial charge in [0.25, 0.3) is 0 Å². The number of anilines is 1. The lowest BCUT2D eigenvalue weighted by molar-refractivity contribution is 0.587. The largest absolute Gasteiger partial charge is 0.320 e. The van der Waals surface area contributed by atoms with E-state index in [0.29, 0.717) is 5.69 Å². The Bertz CT molecular complexity index is 596. The first-order chi connectivity index (χ1) is 8.84. The molecule has 1 aromatic carbocycles. The Balaban J connectivity index is 2.97. The second-order valence-electron chi connectivity index (χ2n) is 4.81. The average Bonchev–Trinajstić information content (AvgIpc) is 2.27. The predicted octanol–water partition coefficient (Wildman–Crippen LogP) is 1.70. The average molecular weight is 280 g/mol. The van der Waals surface area contributed by atoms with E-state index >= 15 is 0 Å². The summed E-state index contributed by atoms with van der Waals surface area (Å²) in [6.07, 6.45) is 0. The number of hydrogen-bond acceptors (Lipinski definition) is 3. The van der Waals surface area contributed by atoms with Crippen molar-refractivity contribution in [2.45, 2.75) is 20.8 Å². The minimum Gasteiger partial charge on any atom is -0.320 e. The van der Waals surface area contributed by atoms with Gasteiger partial charge in [0.1, 0.15) is 0 Å². The lowest BCUT2D eigenvalue weighted by atomic mass is 10.1. The molecule has 3 N–H and O–H groups in total. The molecule has 0 spiro atoms. The van der Waals surface area contributed by atoms with Gasteiger partial charge in [0.15, 0.2) is 0 Å². The zero-order valence-corrected chi connectivity index (χ0v) is 12.3. The summed E-state index contributed by atoms with van der Waals surface area (Å²) in [5.41, 5.74) is 7.65. The van der Waals surface area contributed by atoms with Crippen LogP contribution in [0.2, 0.25) is 0 Å². The molecule has 0 aliphatic carbocycles. The van der Waals surface area contributed by atoms with Crippen LogP contribution in [-0.4, -0.2) is 20.7 Å². The first kappa shape index (κ1) is 15.5. The Kier molecular flexibility index (Phi) is 5.40. The molecule has 4 nitrogen and oxygen atoms in total. The molecule has 5 heteroatoms. The standard InChI is InChI=1S/C14H20N2O2S/c1-11(2)10-19(17,18)16-14-7-6-12(3)13(9-14)5-4-8-15/h6-7,9,11,16H,8,10,15H2,1-3H3. The Morgan fingerprint density at radius 3 is 2.63 bits per heavy atom. The summed E-state index contributed by atoms with van der Waals surface area (Å²) in [4.78, 5) is 0. The number of benzene rings is 1. The van der Waals surface area contributed by atoms with Crippen LogP contribution >= 0.6 is 0 Å². The van der Waals surface area contributed by atoms with E-state index in [1.807, 2.05) is 26.8 Å².